The van der Waals surface area contributed by atoms with E-state index in [1.807, 2.05) is 31.2 Å². The molecule has 0 saturated heterocycles. The van der Waals surface area contributed by atoms with E-state index in [1.54, 1.807) is 7.11 Å². The van der Waals surface area contributed by atoms with Gasteiger partial charge < -0.3 is 20.5 Å². The highest BCUT2D eigenvalue weighted by Gasteiger charge is 2.11. The highest BCUT2D eigenvalue weighted by Crippen LogP contribution is 2.18. The second-order valence-corrected chi connectivity index (χ2v) is 4.71. The van der Waals surface area contributed by atoms with Gasteiger partial charge in [0.1, 0.15) is 5.75 Å². The lowest BCUT2D eigenvalue weighted by molar-refractivity contribution is -0.118. The molecule has 1 aromatic carbocycles. The second-order valence-electron chi connectivity index (χ2n) is 4.71. The molecule has 112 valence electrons. The molecule has 5 nitrogen and oxygen atoms in total. The smallest absolute Gasteiger partial charge is 0.227 e. The van der Waals surface area contributed by atoms with E-state index in [0.717, 1.165) is 17.9 Å². The van der Waals surface area contributed by atoms with Gasteiger partial charge in [-0.15, -0.1) is 0 Å². The number of methoxy groups -OCH3 is 1. The minimum absolute atomic E-state index is 0.113. The molecule has 0 aliphatic rings. The van der Waals surface area contributed by atoms with E-state index in [0.29, 0.717) is 6.54 Å². The summed E-state index contributed by atoms with van der Waals surface area (Å²) >= 11 is 0. The van der Waals surface area contributed by atoms with E-state index in [4.69, 9.17) is 15.2 Å². The zero-order valence-electron chi connectivity index (χ0n) is 12.4. The van der Waals surface area contributed by atoms with Gasteiger partial charge in [-0.1, -0.05) is 6.92 Å². The topological polar surface area (TPSA) is 73.6 Å². The average molecular weight is 280 g/mol. The van der Waals surface area contributed by atoms with Crippen LogP contribution in [0.3, 0.4) is 0 Å². The minimum Gasteiger partial charge on any atom is -0.491 e. The second kappa shape index (κ2) is 8.55. The average Bonchev–Trinajstić information content (AvgIpc) is 2.46. The Morgan fingerprint density at radius 2 is 2.00 bits per heavy atom. The summed E-state index contributed by atoms with van der Waals surface area (Å²) in [6.07, 6.45) is 1.14. The van der Waals surface area contributed by atoms with Crippen molar-refractivity contribution in [2.45, 2.75) is 38.9 Å². The zero-order valence-corrected chi connectivity index (χ0v) is 12.4. The van der Waals surface area contributed by atoms with Crippen LogP contribution in [0.4, 0.5) is 5.69 Å². The van der Waals surface area contributed by atoms with Gasteiger partial charge in [-0.25, -0.2) is 0 Å². The third kappa shape index (κ3) is 5.59. The van der Waals surface area contributed by atoms with Crippen molar-refractivity contribution in [1.29, 1.82) is 0 Å². The van der Waals surface area contributed by atoms with Crippen LogP contribution in [0.25, 0.3) is 0 Å². The summed E-state index contributed by atoms with van der Waals surface area (Å²) in [4.78, 5) is 11.8. The molecule has 20 heavy (non-hydrogen) atoms. The van der Waals surface area contributed by atoms with Gasteiger partial charge in [0.05, 0.1) is 18.6 Å². The van der Waals surface area contributed by atoms with E-state index in [1.165, 1.54) is 0 Å². The molecule has 0 aromatic heterocycles. The number of carbonyl (C=O) groups excluding carboxylic acids is 1. The Labute approximate surface area is 120 Å². The van der Waals surface area contributed by atoms with Crippen molar-refractivity contribution < 1.29 is 14.3 Å². The number of rotatable bonds is 8. The first-order chi connectivity index (χ1) is 9.58. The molecule has 0 radical (unpaired) electrons. The lowest BCUT2D eigenvalue weighted by Crippen LogP contribution is -2.28. The number of nitrogens with one attached hydrogen (secondary N) is 1. The van der Waals surface area contributed by atoms with E-state index in [2.05, 4.69) is 12.2 Å². The summed E-state index contributed by atoms with van der Waals surface area (Å²) in [5.74, 6) is 0.687. The molecule has 0 bridgehead atoms. The minimum atomic E-state index is -0.247. The molecule has 0 spiro atoms. The monoisotopic (exact) mass is 280 g/mol. The van der Waals surface area contributed by atoms with Crippen molar-refractivity contribution in [3.63, 3.8) is 0 Å². The number of nitrogens with two attached hydrogens (primary N) is 1. The fraction of sp³-hybridized carbons (Fsp3) is 0.533. The van der Waals surface area contributed by atoms with Crippen LogP contribution < -0.4 is 15.8 Å². The zero-order chi connectivity index (χ0) is 15.0. The lowest BCUT2D eigenvalue weighted by atomic mass is 10.2. The van der Waals surface area contributed by atoms with Crippen LogP contribution in [0.2, 0.25) is 0 Å². The van der Waals surface area contributed by atoms with Gasteiger partial charge in [0, 0.05) is 19.3 Å². The number of hydrogen-bond donors (Lipinski definition) is 2. The summed E-state index contributed by atoms with van der Waals surface area (Å²) < 4.78 is 10.8. The first-order valence-corrected chi connectivity index (χ1v) is 6.88. The standard InChI is InChI=1S/C15H24N2O3/c1-4-11(2)20-13-7-5-12(6-8-13)17-15(18)9-14(10-16)19-3/h5-8,11,14H,4,9-10,16H2,1-3H3,(H,17,18). The van der Waals surface area contributed by atoms with Gasteiger partial charge in [0.25, 0.3) is 0 Å². The van der Waals surface area contributed by atoms with Gasteiger partial charge in [0.2, 0.25) is 5.91 Å². The van der Waals surface area contributed by atoms with Crippen molar-refractivity contribution >= 4 is 11.6 Å². The molecule has 0 aliphatic carbocycles. The molecule has 0 heterocycles. The highest BCUT2D eigenvalue weighted by molar-refractivity contribution is 5.91. The van der Waals surface area contributed by atoms with Crippen LogP contribution in [0, 0.1) is 0 Å². The van der Waals surface area contributed by atoms with Gasteiger partial charge in [-0.3, -0.25) is 4.79 Å². The van der Waals surface area contributed by atoms with Crippen LogP contribution >= 0.6 is 0 Å². The van der Waals surface area contributed by atoms with Crippen molar-refractivity contribution in [2.75, 3.05) is 19.0 Å². The first-order valence-electron chi connectivity index (χ1n) is 6.88. The fourth-order valence-corrected chi connectivity index (χ4v) is 1.61. The SMILES string of the molecule is CCC(C)Oc1ccc(NC(=O)CC(CN)OC)cc1. The van der Waals surface area contributed by atoms with Crippen molar-refractivity contribution in [3.05, 3.63) is 24.3 Å². The quantitative estimate of drug-likeness (QED) is 0.765. The normalized spacial score (nSPS) is 13.6. The van der Waals surface area contributed by atoms with Crippen molar-refractivity contribution in [2.24, 2.45) is 5.73 Å². The number of amides is 1. The summed E-state index contributed by atoms with van der Waals surface area (Å²) in [7, 11) is 1.55. The highest BCUT2D eigenvalue weighted by atomic mass is 16.5. The Balaban J connectivity index is 2.50. The number of anilines is 1. The van der Waals surface area contributed by atoms with Crippen LogP contribution in [0.5, 0.6) is 5.75 Å². The largest absolute Gasteiger partial charge is 0.491 e. The van der Waals surface area contributed by atoms with Crippen LogP contribution in [0.1, 0.15) is 26.7 Å². The van der Waals surface area contributed by atoms with Crippen LogP contribution in [-0.4, -0.2) is 31.8 Å². The maximum absolute atomic E-state index is 11.8. The molecule has 0 saturated carbocycles. The summed E-state index contributed by atoms with van der Waals surface area (Å²) in [5.41, 5.74) is 6.22. The molecule has 2 atom stereocenters. The molecule has 1 rings (SSSR count). The van der Waals surface area contributed by atoms with E-state index in [9.17, 15) is 4.79 Å². The van der Waals surface area contributed by atoms with E-state index >= 15 is 0 Å². The van der Waals surface area contributed by atoms with Gasteiger partial charge >= 0.3 is 0 Å². The molecular formula is C15H24N2O3. The predicted molar refractivity (Wildman–Crippen MR) is 79.9 cm³/mol. The molecule has 0 fully saturated rings. The molecule has 0 aliphatic heterocycles. The van der Waals surface area contributed by atoms with Gasteiger partial charge in [-0.05, 0) is 37.6 Å². The molecule has 2 unspecified atom stereocenters. The van der Waals surface area contributed by atoms with Gasteiger partial charge in [0.15, 0.2) is 0 Å². The number of carbonyl (C=O) groups is 1. The fourth-order valence-electron chi connectivity index (χ4n) is 1.61. The Kier molecular flexibility index (Phi) is 7.04. The lowest BCUT2D eigenvalue weighted by Gasteiger charge is -2.14. The Hall–Kier alpha value is -1.59. The van der Waals surface area contributed by atoms with Gasteiger partial charge in [-0.2, -0.15) is 0 Å². The Morgan fingerprint density at radius 1 is 1.35 bits per heavy atom. The summed E-state index contributed by atoms with van der Waals surface area (Å²) in [5, 5.41) is 2.81. The van der Waals surface area contributed by atoms with E-state index < -0.39 is 0 Å². The maximum atomic E-state index is 11.8. The molecule has 3 N–H and O–H groups in total. The van der Waals surface area contributed by atoms with Crippen molar-refractivity contribution in [3.8, 4) is 5.75 Å². The maximum Gasteiger partial charge on any atom is 0.227 e. The number of ether oxygens (including phenoxy) is 2. The third-order valence-electron chi connectivity index (χ3n) is 3.06. The van der Waals surface area contributed by atoms with E-state index in [-0.39, 0.29) is 24.5 Å². The van der Waals surface area contributed by atoms with Crippen molar-refractivity contribution in [1.82, 2.24) is 0 Å². The van der Waals surface area contributed by atoms with Crippen LogP contribution in [0.15, 0.2) is 24.3 Å². The predicted octanol–water partition coefficient (Wildman–Crippen LogP) is 2.17. The number of benzene rings is 1. The molecular weight excluding hydrogens is 256 g/mol. The molecule has 1 amide bonds. The Morgan fingerprint density at radius 3 is 2.50 bits per heavy atom. The summed E-state index contributed by atoms with van der Waals surface area (Å²) in [6, 6.07) is 7.33. The summed E-state index contributed by atoms with van der Waals surface area (Å²) in [6.45, 7) is 4.42. The molecule has 1 aromatic rings. The first kappa shape index (κ1) is 16.5. The van der Waals surface area contributed by atoms with Crippen LogP contribution in [-0.2, 0) is 9.53 Å². The molecule has 5 heteroatoms. The number of hydrogen-bond acceptors (Lipinski definition) is 4. The third-order valence-corrected chi connectivity index (χ3v) is 3.06. The Bertz CT molecular complexity index is 402.